The van der Waals surface area contributed by atoms with Crippen molar-refractivity contribution in [2.24, 2.45) is 4.40 Å². The predicted molar refractivity (Wildman–Crippen MR) is 87.6 cm³/mol. The van der Waals surface area contributed by atoms with E-state index in [0.717, 1.165) is 23.5 Å². The Labute approximate surface area is 129 Å². The largest absolute Gasteiger partial charge is 0.345 e. The van der Waals surface area contributed by atoms with Crippen LogP contribution >= 0.6 is 11.8 Å². The zero-order valence-corrected chi connectivity index (χ0v) is 13.7. The first-order chi connectivity index (χ1) is 9.93. The fourth-order valence-electron chi connectivity index (χ4n) is 2.68. The summed E-state index contributed by atoms with van der Waals surface area (Å²) in [5.41, 5.74) is 4.50. The molecule has 2 aliphatic heterocycles. The van der Waals surface area contributed by atoms with Crippen LogP contribution in [0, 0.1) is 13.8 Å². The van der Waals surface area contributed by atoms with Gasteiger partial charge in [-0.25, -0.2) is 8.42 Å². The van der Waals surface area contributed by atoms with Crippen LogP contribution in [0.3, 0.4) is 0 Å². The number of hydrogen-bond acceptors (Lipinski definition) is 4. The highest BCUT2D eigenvalue weighted by Crippen LogP contribution is 2.37. The third-order valence-corrected chi connectivity index (χ3v) is 5.88. The van der Waals surface area contributed by atoms with E-state index in [9.17, 15) is 8.42 Å². The predicted octanol–water partition coefficient (Wildman–Crippen LogP) is 2.34. The van der Waals surface area contributed by atoms with Crippen molar-refractivity contribution in [1.29, 1.82) is 0 Å². The summed E-state index contributed by atoms with van der Waals surface area (Å²) in [5.74, 6) is 0.0692. The zero-order chi connectivity index (χ0) is 15.2. The van der Waals surface area contributed by atoms with Crippen LogP contribution in [-0.2, 0) is 16.6 Å². The molecule has 3 rings (SSSR count). The Kier molecular flexibility index (Phi) is 3.49. The van der Waals surface area contributed by atoms with Crippen LogP contribution in [0.15, 0.2) is 28.5 Å². The van der Waals surface area contributed by atoms with Crippen LogP contribution < -0.4 is 0 Å². The van der Waals surface area contributed by atoms with Crippen LogP contribution in [0.2, 0.25) is 0 Å². The van der Waals surface area contributed by atoms with Gasteiger partial charge >= 0.3 is 0 Å². The Morgan fingerprint density at radius 3 is 2.95 bits per heavy atom. The monoisotopic (exact) mass is 323 g/mol. The number of fused-ring (bicyclic) bond motifs is 1. The molecular formula is C14H17N3O2S2. The minimum atomic E-state index is -3.29. The van der Waals surface area contributed by atoms with Crippen LogP contribution in [0.1, 0.15) is 17.0 Å². The number of amidine groups is 1. The minimum absolute atomic E-state index is 0.0692. The molecule has 5 nitrogen and oxygen atoms in total. The third-order valence-electron chi connectivity index (χ3n) is 3.75. The molecule has 1 aromatic rings. The summed E-state index contributed by atoms with van der Waals surface area (Å²) in [7, 11) is -3.29. The fraction of sp³-hybridized carbons (Fsp3) is 0.357. The molecule has 0 saturated carbocycles. The standard InChI is InChI=1S/C14H17N3O2S2/c1-4-5-16-10(2)8-12(11(16)3)13-9-20-14-15-21(18,19)7-6-17(13)14/h4,8-9H,1,5-7H2,2-3H3. The van der Waals surface area contributed by atoms with Crippen LogP contribution in [0.4, 0.5) is 0 Å². The maximum atomic E-state index is 11.6. The molecule has 0 radical (unpaired) electrons. The lowest BCUT2D eigenvalue weighted by atomic mass is 10.2. The van der Waals surface area contributed by atoms with Gasteiger partial charge in [0.25, 0.3) is 10.0 Å². The zero-order valence-electron chi connectivity index (χ0n) is 12.0. The van der Waals surface area contributed by atoms with Gasteiger partial charge in [-0.2, -0.15) is 0 Å². The maximum absolute atomic E-state index is 11.6. The van der Waals surface area contributed by atoms with Gasteiger partial charge in [0.2, 0.25) is 0 Å². The Bertz CT molecular complexity index is 772. The maximum Gasteiger partial charge on any atom is 0.257 e. The van der Waals surface area contributed by atoms with Gasteiger partial charge < -0.3 is 9.47 Å². The minimum Gasteiger partial charge on any atom is -0.345 e. The van der Waals surface area contributed by atoms with E-state index in [-0.39, 0.29) is 5.75 Å². The molecule has 7 heteroatoms. The SMILES string of the molecule is C=CCn1c(C)cc(C2=CSC3=NS(=O)(=O)CCN23)c1C. The first-order valence-electron chi connectivity index (χ1n) is 6.68. The molecule has 0 aromatic carbocycles. The quantitative estimate of drug-likeness (QED) is 0.801. The van der Waals surface area contributed by atoms with Crippen LogP contribution in [-0.4, -0.2) is 35.4 Å². The van der Waals surface area contributed by atoms with E-state index < -0.39 is 10.0 Å². The number of thioether (sulfide) groups is 1. The number of aromatic nitrogens is 1. The lowest BCUT2D eigenvalue weighted by Crippen LogP contribution is -2.34. The summed E-state index contributed by atoms with van der Waals surface area (Å²) < 4.78 is 29.2. The molecule has 2 aliphatic rings. The Morgan fingerprint density at radius 2 is 2.24 bits per heavy atom. The lowest BCUT2D eigenvalue weighted by Gasteiger charge is -2.25. The van der Waals surface area contributed by atoms with Gasteiger partial charge in [-0.3, -0.25) is 0 Å². The van der Waals surface area contributed by atoms with Gasteiger partial charge in [0, 0.05) is 35.4 Å². The van der Waals surface area contributed by atoms with Gasteiger partial charge in [-0.15, -0.1) is 11.0 Å². The Morgan fingerprint density at radius 1 is 1.48 bits per heavy atom. The van der Waals surface area contributed by atoms with E-state index in [1.54, 1.807) is 0 Å². The molecule has 0 unspecified atom stereocenters. The molecule has 1 aromatic heterocycles. The summed E-state index contributed by atoms with van der Waals surface area (Å²) in [6, 6.07) is 2.14. The molecule has 3 heterocycles. The molecule has 0 saturated heterocycles. The molecule has 0 bridgehead atoms. The molecule has 21 heavy (non-hydrogen) atoms. The van der Waals surface area contributed by atoms with E-state index in [1.807, 2.05) is 16.4 Å². The Hall–Kier alpha value is -1.47. The number of hydrogen-bond donors (Lipinski definition) is 0. The molecule has 0 spiro atoms. The topological polar surface area (TPSA) is 54.7 Å². The second-order valence-electron chi connectivity index (χ2n) is 5.12. The van der Waals surface area contributed by atoms with Crippen molar-refractivity contribution >= 4 is 32.6 Å². The second kappa shape index (κ2) is 5.06. The van der Waals surface area contributed by atoms with Crippen molar-refractivity contribution < 1.29 is 8.42 Å². The van der Waals surface area contributed by atoms with Crippen molar-refractivity contribution in [2.75, 3.05) is 12.3 Å². The summed E-state index contributed by atoms with van der Waals surface area (Å²) in [5, 5.41) is 2.55. The number of nitrogens with zero attached hydrogens (tertiary/aromatic N) is 3. The molecule has 0 aliphatic carbocycles. The normalized spacial score (nSPS) is 20.0. The van der Waals surface area contributed by atoms with Crippen molar-refractivity contribution in [3.8, 4) is 0 Å². The summed E-state index contributed by atoms with van der Waals surface area (Å²) in [4.78, 5) is 1.99. The molecule has 0 atom stereocenters. The third kappa shape index (κ3) is 2.44. The first-order valence-corrected chi connectivity index (χ1v) is 9.17. The van der Waals surface area contributed by atoms with Crippen molar-refractivity contribution in [2.45, 2.75) is 20.4 Å². The van der Waals surface area contributed by atoms with Crippen molar-refractivity contribution in [3.63, 3.8) is 0 Å². The van der Waals surface area contributed by atoms with Crippen LogP contribution in [0.25, 0.3) is 5.70 Å². The van der Waals surface area contributed by atoms with Gasteiger partial charge in [-0.05, 0) is 19.9 Å². The van der Waals surface area contributed by atoms with Crippen molar-refractivity contribution in [1.82, 2.24) is 9.47 Å². The number of rotatable bonds is 3. The van der Waals surface area contributed by atoms with E-state index in [4.69, 9.17) is 0 Å². The second-order valence-corrected chi connectivity index (χ2v) is 7.71. The summed E-state index contributed by atoms with van der Waals surface area (Å²) in [6.07, 6.45) is 1.88. The lowest BCUT2D eigenvalue weighted by molar-refractivity contribution is 0.566. The van der Waals surface area contributed by atoms with Gasteiger partial charge in [-0.1, -0.05) is 17.8 Å². The van der Waals surface area contributed by atoms with Gasteiger partial charge in [0.15, 0.2) is 5.17 Å². The highest BCUT2D eigenvalue weighted by molar-refractivity contribution is 8.17. The summed E-state index contributed by atoms with van der Waals surface area (Å²) in [6.45, 7) is 9.17. The molecular weight excluding hydrogens is 306 g/mol. The number of aryl methyl sites for hydroxylation is 1. The fourth-order valence-corrected chi connectivity index (χ4v) is 4.82. The molecule has 0 N–H and O–H groups in total. The van der Waals surface area contributed by atoms with Gasteiger partial charge in [0.1, 0.15) is 0 Å². The first kappa shape index (κ1) is 14.5. The van der Waals surface area contributed by atoms with Crippen LogP contribution in [0.5, 0.6) is 0 Å². The average Bonchev–Trinajstić information content (AvgIpc) is 2.93. The summed E-state index contributed by atoms with van der Waals surface area (Å²) >= 11 is 1.37. The molecule has 0 fully saturated rings. The Balaban J connectivity index is 2.00. The number of allylic oxidation sites excluding steroid dienone is 1. The smallest absolute Gasteiger partial charge is 0.257 e. The highest BCUT2D eigenvalue weighted by Gasteiger charge is 2.32. The van der Waals surface area contributed by atoms with Gasteiger partial charge in [0.05, 0.1) is 11.4 Å². The van der Waals surface area contributed by atoms with E-state index in [2.05, 4.69) is 35.5 Å². The van der Waals surface area contributed by atoms with Crippen molar-refractivity contribution in [3.05, 3.63) is 41.1 Å². The van der Waals surface area contributed by atoms with E-state index in [0.29, 0.717) is 11.7 Å². The number of sulfonamides is 1. The molecule has 0 amide bonds. The van der Waals surface area contributed by atoms with E-state index in [1.165, 1.54) is 17.5 Å². The van der Waals surface area contributed by atoms with E-state index >= 15 is 0 Å². The highest BCUT2D eigenvalue weighted by atomic mass is 32.2. The molecule has 112 valence electrons. The average molecular weight is 323 g/mol.